The molecular weight excluding hydrogens is 392 g/mol. The van der Waals surface area contributed by atoms with E-state index in [1.165, 1.54) is 6.07 Å². The molecule has 0 spiro atoms. The van der Waals surface area contributed by atoms with E-state index in [1.807, 2.05) is 0 Å². The number of carboxylic acid groups (broad SMARTS) is 2. The van der Waals surface area contributed by atoms with Gasteiger partial charge in [-0.3, -0.25) is 4.79 Å². The second kappa shape index (κ2) is 9.67. The van der Waals surface area contributed by atoms with Gasteiger partial charge in [0, 0.05) is 17.6 Å². The van der Waals surface area contributed by atoms with Crippen LogP contribution in [0.5, 0.6) is 0 Å². The van der Waals surface area contributed by atoms with Crippen molar-refractivity contribution in [1.82, 2.24) is 0 Å². The molecule has 0 heterocycles. The molecule has 30 heavy (non-hydrogen) atoms. The largest absolute Gasteiger partial charge is 0.478 e. The van der Waals surface area contributed by atoms with Crippen LogP contribution in [0.4, 0.5) is 0 Å². The SMILES string of the molecule is C=C(C)C(=O)OC(C)(C)CCOC(C)(CC)C(=O)c1ccc(C(=O)O)c(C(=O)O)c1. The van der Waals surface area contributed by atoms with Crippen LogP contribution in [0.2, 0.25) is 0 Å². The highest BCUT2D eigenvalue weighted by molar-refractivity contribution is 6.07. The number of ether oxygens (including phenoxy) is 2. The van der Waals surface area contributed by atoms with E-state index in [-0.39, 0.29) is 17.7 Å². The molecule has 1 rings (SSSR count). The monoisotopic (exact) mass is 420 g/mol. The lowest BCUT2D eigenvalue weighted by atomic mass is 9.90. The number of benzene rings is 1. The van der Waals surface area contributed by atoms with Crippen molar-refractivity contribution in [2.45, 2.75) is 58.7 Å². The summed E-state index contributed by atoms with van der Waals surface area (Å²) in [6.07, 6.45) is 0.605. The van der Waals surface area contributed by atoms with Crippen LogP contribution in [0.15, 0.2) is 30.4 Å². The molecule has 0 fully saturated rings. The van der Waals surface area contributed by atoms with Gasteiger partial charge in [-0.2, -0.15) is 0 Å². The van der Waals surface area contributed by atoms with Gasteiger partial charge in [0.25, 0.3) is 0 Å². The molecule has 0 aromatic heterocycles. The number of carbonyl (C=O) groups excluding carboxylic acids is 2. The first kappa shape index (κ1) is 25.0. The summed E-state index contributed by atoms with van der Waals surface area (Å²) in [7, 11) is 0. The van der Waals surface area contributed by atoms with Crippen molar-refractivity contribution in [3.05, 3.63) is 47.0 Å². The third-order valence-electron chi connectivity index (χ3n) is 4.74. The van der Waals surface area contributed by atoms with Gasteiger partial charge in [0.15, 0.2) is 5.78 Å². The van der Waals surface area contributed by atoms with Crippen LogP contribution in [0, 0.1) is 0 Å². The first-order valence-corrected chi connectivity index (χ1v) is 9.42. The Morgan fingerprint density at radius 2 is 1.60 bits per heavy atom. The van der Waals surface area contributed by atoms with Crippen molar-refractivity contribution in [3.8, 4) is 0 Å². The van der Waals surface area contributed by atoms with Crippen LogP contribution in [-0.2, 0) is 14.3 Å². The van der Waals surface area contributed by atoms with Crippen molar-refractivity contribution < 1.29 is 38.9 Å². The first-order chi connectivity index (χ1) is 13.7. The Morgan fingerprint density at radius 3 is 2.07 bits per heavy atom. The fourth-order valence-electron chi connectivity index (χ4n) is 2.59. The molecule has 0 bridgehead atoms. The second-order valence-corrected chi connectivity index (χ2v) is 7.81. The standard InChI is InChI=1S/C22H28O8/c1-7-22(6,29-11-10-21(4,5)30-20(28)13(2)3)17(23)14-8-9-15(18(24)25)16(12-14)19(26)27/h8-9,12H,2,7,10-11H2,1,3-6H3,(H,24,25)(H,26,27). The van der Waals surface area contributed by atoms with Crippen LogP contribution in [-0.4, -0.2) is 51.7 Å². The molecule has 1 aromatic rings. The number of Topliss-reactive ketones (excluding diaryl/α,β-unsaturated/α-hetero) is 1. The Hall–Kier alpha value is -3.00. The fraction of sp³-hybridized carbons (Fsp3) is 0.455. The van der Waals surface area contributed by atoms with Gasteiger partial charge in [-0.1, -0.05) is 19.6 Å². The molecule has 0 aliphatic rings. The van der Waals surface area contributed by atoms with E-state index in [2.05, 4.69) is 6.58 Å². The number of hydrogen-bond acceptors (Lipinski definition) is 6. The summed E-state index contributed by atoms with van der Waals surface area (Å²) in [5.74, 6) is -3.83. The van der Waals surface area contributed by atoms with Gasteiger partial charge in [0.05, 0.1) is 17.7 Å². The van der Waals surface area contributed by atoms with Gasteiger partial charge in [-0.25, -0.2) is 14.4 Å². The molecular formula is C22H28O8. The second-order valence-electron chi connectivity index (χ2n) is 7.81. The van der Waals surface area contributed by atoms with E-state index in [0.29, 0.717) is 12.8 Å². The molecule has 0 saturated heterocycles. The lowest BCUT2D eigenvalue weighted by Gasteiger charge is -2.30. The number of ketones is 1. The number of rotatable bonds is 11. The quantitative estimate of drug-likeness (QED) is 0.315. The highest BCUT2D eigenvalue weighted by Crippen LogP contribution is 2.25. The summed E-state index contributed by atoms with van der Waals surface area (Å²) in [6, 6.07) is 3.41. The molecule has 164 valence electrons. The average Bonchev–Trinajstić information content (AvgIpc) is 2.65. The van der Waals surface area contributed by atoms with E-state index in [4.69, 9.17) is 14.6 Å². The molecule has 1 aromatic carbocycles. The molecule has 8 nitrogen and oxygen atoms in total. The maximum absolute atomic E-state index is 13.0. The van der Waals surface area contributed by atoms with E-state index in [9.17, 15) is 24.3 Å². The zero-order valence-corrected chi connectivity index (χ0v) is 17.9. The highest BCUT2D eigenvalue weighted by Gasteiger charge is 2.35. The minimum Gasteiger partial charge on any atom is -0.478 e. The van der Waals surface area contributed by atoms with Crippen molar-refractivity contribution in [1.29, 1.82) is 0 Å². The van der Waals surface area contributed by atoms with Gasteiger partial charge in [-0.05, 0) is 46.2 Å². The van der Waals surface area contributed by atoms with Crippen molar-refractivity contribution in [2.75, 3.05) is 6.61 Å². The summed E-state index contributed by atoms with van der Waals surface area (Å²) in [5.41, 5.74) is -2.67. The van der Waals surface area contributed by atoms with Gasteiger partial charge < -0.3 is 19.7 Å². The molecule has 0 aliphatic carbocycles. The summed E-state index contributed by atoms with van der Waals surface area (Å²) in [5, 5.41) is 18.4. The Labute approximate surface area is 175 Å². The Kier molecular flexibility index (Phi) is 8.07. The fourth-order valence-corrected chi connectivity index (χ4v) is 2.59. The number of carbonyl (C=O) groups is 4. The van der Waals surface area contributed by atoms with Crippen LogP contribution >= 0.6 is 0 Å². The van der Waals surface area contributed by atoms with Gasteiger partial charge >= 0.3 is 17.9 Å². The number of carboxylic acids is 2. The van der Waals surface area contributed by atoms with Crippen LogP contribution < -0.4 is 0 Å². The third kappa shape index (κ3) is 6.25. The van der Waals surface area contributed by atoms with Gasteiger partial charge in [0.2, 0.25) is 0 Å². The lowest BCUT2D eigenvalue weighted by Crippen LogP contribution is -2.40. The normalized spacial score (nSPS) is 13.2. The summed E-state index contributed by atoms with van der Waals surface area (Å²) >= 11 is 0. The minimum atomic E-state index is -1.44. The van der Waals surface area contributed by atoms with Crippen molar-refractivity contribution >= 4 is 23.7 Å². The maximum Gasteiger partial charge on any atom is 0.336 e. The molecule has 0 saturated carbocycles. The lowest BCUT2D eigenvalue weighted by molar-refractivity contribution is -0.153. The number of esters is 1. The molecule has 8 heteroatoms. The number of aromatic carboxylic acids is 2. The molecule has 1 atom stereocenters. The maximum atomic E-state index is 13.0. The predicted molar refractivity (Wildman–Crippen MR) is 109 cm³/mol. The predicted octanol–water partition coefficient (Wildman–Crippen LogP) is 3.74. The summed E-state index contributed by atoms with van der Waals surface area (Å²) in [4.78, 5) is 47.3. The minimum absolute atomic E-state index is 0.0368. The van der Waals surface area contributed by atoms with E-state index in [1.54, 1.807) is 34.6 Å². The summed E-state index contributed by atoms with van der Waals surface area (Å²) < 4.78 is 11.2. The average molecular weight is 420 g/mol. The van der Waals surface area contributed by atoms with Crippen molar-refractivity contribution in [3.63, 3.8) is 0 Å². The van der Waals surface area contributed by atoms with Gasteiger partial charge in [0.1, 0.15) is 11.2 Å². The summed E-state index contributed by atoms with van der Waals surface area (Å²) in [6.45, 7) is 11.9. The smallest absolute Gasteiger partial charge is 0.336 e. The van der Waals surface area contributed by atoms with Crippen molar-refractivity contribution in [2.24, 2.45) is 0 Å². The highest BCUT2D eigenvalue weighted by atomic mass is 16.6. The Bertz CT molecular complexity index is 868. The molecule has 2 N–H and O–H groups in total. The van der Waals surface area contributed by atoms with E-state index in [0.717, 1.165) is 12.1 Å². The first-order valence-electron chi connectivity index (χ1n) is 9.42. The van der Waals surface area contributed by atoms with Crippen LogP contribution in [0.1, 0.15) is 78.5 Å². The van der Waals surface area contributed by atoms with Gasteiger partial charge in [-0.15, -0.1) is 0 Å². The Balaban J connectivity index is 2.99. The van der Waals surface area contributed by atoms with Crippen LogP contribution in [0.3, 0.4) is 0 Å². The van der Waals surface area contributed by atoms with E-state index < -0.39 is 46.0 Å². The third-order valence-corrected chi connectivity index (χ3v) is 4.74. The molecule has 0 radical (unpaired) electrons. The zero-order chi connectivity index (χ0) is 23.3. The molecule has 0 amide bonds. The molecule has 0 aliphatic heterocycles. The van der Waals surface area contributed by atoms with E-state index >= 15 is 0 Å². The number of hydrogen-bond donors (Lipinski definition) is 2. The van der Waals surface area contributed by atoms with Crippen LogP contribution in [0.25, 0.3) is 0 Å². The topological polar surface area (TPSA) is 127 Å². The zero-order valence-electron chi connectivity index (χ0n) is 17.9. The molecule has 1 unspecified atom stereocenters. The Morgan fingerprint density at radius 1 is 1.03 bits per heavy atom.